The van der Waals surface area contributed by atoms with E-state index in [-0.39, 0.29) is 5.91 Å². The van der Waals surface area contributed by atoms with Gasteiger partial charge in [0, 0.05) is 23.6 Å². The van der Waals surface area contributed by atoms with Crippen LogP contribution in [0.25, 0.3) is 6.08 Å². The number of benzene rings is 3. The SMILES string of the molecule is CCN1C(=O)/C(=C\c2ccc(N(c3ccccc3)c3ccccc3)cc2)OC1=NCC1=CCCC=C1. The molecule has 0 saturated carbocycles. The summed E-state index contributed by atoms with van der Waals surface area (Å²) >= 11 is 0. The summed E-state index contributed by atoms with van der Waals surface area (Å²) in [4.78, 5) is 21.3. The Hall–Kier alpha value is -4.38. The van der Waals surface area contributed by atoms with E-state index in [1.54, 1.807) is 11.0 Å². The van der Waals surface area contributed by atoms with Crippen molar-refractivity contribution in [2.24, 2.45) is 4.99 Å². The molecule has 0 atom stereocenters. The first kappa shape index (κ1) is 23.4. The third kappa shape index (κ3) is 5.15. The molecule has 5 rings (SSSR count). The number of hydrogen-bond acceptors (Lipinski definition) is 4. The monoisotopic (exact) mass is 475 g/mol. The number of hydrogen-bond donors (Lipinski definition) is 0. The van der Waals surface area contributed by atoms with Gasteiger partial charge in [-0.05, 0) is 73.4 Å². The first-order valence-electron chi connectivity index (χ1n) is 12.3. The molecule has 0 unspecified atom stereocenters. The largest absolute Gasteiger partial charge is 0.420 e. The smallest absolute Gasteiger partial charge is 0.300 e. The van der Waals surface area contributed by atoms with Gasteiger partial charge in [-0.2, -0.15) is 0 Å². The molecule has 1 aliphatic heterocycles. The second-order valence-electron chi connectivity index (χ2n) is 8.62. The topological polar surface area (TPSA) is 45.1 Å². The fraction of sp³-hybridized carbons (Fsp3) is 0.161. The predicted molar refractivity (Wildman–Crippen MR) is 146 cm³/mol. The summed E-state index contributed by atoms with van der Waals surface area (Å²) in [6.07, 6.45) is 10.3. The van der Waals surface area contributed by atoms with Gasteiger partial charge in [0.25, 0.3) is 5.91 Å². The summed E-state index contributed by atoms with van der Waals surface area (Å²) in [7, 11) is 0. The normalized spacial score (nSPS) is 17.4. The Morgan fingerprint density at radius 2 is 1.53 bits per heavy atom. The molecule has 3 aromatic rings. The van der Waals surface area contributed by atoms with Crippen LogP contribution in [0.5, 0.6) is 0 Å². The molecule has 2 aliphatic rings. The molecule has 1 fully saturated rings. The standard InChI is InChI=1S/C31H29N3O2/c1-2-33-30(35)29(36-31(33)32-23-25-12-6-3-7-13-25)22-24-18-20-28(21-19-24)34(26-14-8-4-9-15-26)27-16-10-5-11-17-27/h4-6,8-22H,2-3,7,23H2,1H3/b29-22+,32-31?. The lowest BCUT2D eigenvalue weighted by atomic mass is 10.1. The van der Waals surface area contributed by atoms with Crippen molar-refractivity contribution in [3.63, 3.8) is 0 Å². The van der Waals surface area contributed by atoms with Crippen molar-refractivity contribution in [3.05, 3.63) is 120 Å². The third-order valence-electron chi connectivity index (χ3n) is 6.15. The van der Waals surface area contributed by atoms with Crippen LogP contribution in [-0.2, 0) is 9.53 Å². The average molecular weight is 476 g/mol. The second-order valence-corrected chi connectivity index (χ2v) is 8.62. The molecule has 0 spiro atoms. The minimum atomic E-state index is -0.163. The summed E-state index contributed by atoms with van der Waals surface area (Å²) < 4.78 is 5.91. The fourth-order valence-corrected chi connectivity index (χ4v) is 4.32. The van der Waals surface area contributed by atoms with E-state index in [1.165, 1.54) is 0 Å². The van der Waals surface area contributed by atoms with Gasteiger partial charge in [-0.3, -0.25) is 9.69 Å². The van der Waals surface area contributed by atoms with Gasteiger partial charge in [0.15, 0.2) is 5.76 Å². The van der Waals surface area contributed by atoms with Crippen molar-refractivity contribution in [2.75, 3.05) is 18.0 Å². The van der Waals surface area contributed by atoms with Crippen LogP contribution in [0.2, 0.25) is 0 Å². The number of amidine groups is 1. The quantitative estimate of drug-likeness (QED) is 0.345. The van der Waals surface area contributed by atoms with Gasteiger partial charge < -0.3 is 9.64 Å². The number of amides is 1. The summed E-state index contributed by atoms with van der Waals surface area (Å²) in [5.41, 5.74) is 5.21. The molecule has 1 aliphatic carbocycles. The molecule has 5 nitrogen and oxygen atoms in total. The number of anilines is 3. The van der Waals surface area contributed by atoms with E-state index in [0.29, 0.717) is 24.9 Å². The van der Waals surface area contributed by atoms with E-state index in [9.17, 15) is 4.79 Å². The highest BCUT2D eigenvalue weighted by molar-refractivity contribution is 6.11. The molecule has 0 aromatic heterocycles. The van der Waals surface area contributed by atoms with Gasteiger partial charge in [-0.25, -0.2) is 4.99 Å². The molecule has 36 heavy (non-hydrogen) atoms. The highest BCUT2D eigenvalue weighted by atomic mass is 16.5. The maximum absolute atomic E-state index is 13.0. The molecule has 1 amide bonds. The number of carbonyl (C=O) groups excluding carboxylic acids is 1. The highest BCUT2D eigenvalue weighted by Gasteiger charge is 2.33. The number of para-hydroxylation sites is 2. The van der Waals surface area contributed by atoms with Crippen LogP contribution in [0, 0.1) is 0 Å². The van der Waals surface area contributed by atoms with Gasteiger partial charge in [0.2, 0.25) is 0 Å². The van der Waals surface area contributed by atoms with E-state index in [4.69, 9.17) is 4.74 Å². The van der Waals surface area contributed by atoms with Crippen LogP contribution in [0.4, 0.5) is 17.1 Å². The lowest BCUT2D eigenvalue weighted by Crippen LogP contribution is -2.29. The van der Waals surface area contributed by atoms with Gasteiger partial charge in [0.05, 0.1) is 6.54 Å². The van der Waals surface area contributed by atoms with Gasteiger partial charge in [-0.1, -0.05) is 66.8 Å². The Labute approximate surface area is 212 Å². The molecule has 0 radical (unpaired) electrons. The molecule has 1 saturated heterocycles. The lowest BCUT2D eigenvalue weighted by molar-refractivity contribution is -0.122. The van der Waals surface area contributed by atoms with Crippen molar-refractivity contribution in [1.29, 1.82) is 0 Å². The zero-order chi connectivity index (χ0) is 24.7. The Morgan fingerprint density at radius 1 is 0.889 bits per heavy atom. The van der Waals surface area contributed by atoms with Crippen molar-refractivity contribution in [1.82, 2.24) is 4.90 Å². The fourth-order valence-electron chi connectivity index (χ4n) is 4.32. The van der Waals surface area contributed by atoms with Crippen LogP contribution >= 0.6 is 0 Å². The average Bonchev–Trinajstić information content (AvgIpc) is 3.24. The van der Waals surface area contributed by atoms with Gasteiger partial charge in [-0.15, -0.1) is 0 Å². The molecule has 1 heterocycles. The number of rotatable bonds is 7. The Balaban J connectivity index is 1.38. The number of ether oxygens (including phenoxy) is 1. The predicted octanol–water partition coefficient (Wildman–Crippen LogP) is 7.01. The molecule has 0 N–H and O–H groups in total. The Morgan fingerprint density at radius 3 is 2.11 bits per heavy atom. The minimum absolute atomic E-state index is 0.163. The van der Waals surface area contributed by atoms with E-state index in [1.807, 2.05) is 55.5 Å². The van der Waals surface area contributed by atoms with Gasteiger partial charge >= 0.3 is 6.02 Å². The zero-order valence-electron chi connectivity index (χ0n) is 20.4. The first-order chi connectivity index (χ1) is 17.7. The molecule has 3 aromatic carbocycles. The van der Waals surface area contributed by atoms with Gasteiger partial charge in [0.1, 0.15) is 0 Å². The number of likely N-dealkylation sites (N-methyl/N-ethyl adjacent to an activating group) is 1. The highest BCUT2D eigenvalue weighted by Crippen LogP contribution is 2.34. The van der Waals surface area contributed by atoms with E-state index >= 15 is 0 Å². The number of nitrogens with zero attached hydrogens (tertiary/aromatic N) is 3. The van der Waals surface area contributed by atoms with Crippen LogP contribution in [0.1, 0.15) is 25.3 Å². The number of aliphatic imine (C=N–C) groups is 1. The first-order valence-corrected chi connectivity index (χ1v) is 12.3. The van der Waals surface area contributed by atoms with Crippen LogP contribution < -0.4 is 4.90 Å². The summed E-state index contributed by atoms with van der Waals surface area (Å²) in [5.74, 6) is 0.128. The van der Waals surface area contributed by atoms with Crippen LogP contribution in [0.3, 0.4) is 0 Å². The van der Waals surface area contributed by atoms with E-state index < -0.39 is 0 Å². The van der Waals surface area contributed by atoms with E-state index in [0.717, 1.165) is 41.0 Å². The molecular weight excluding hydrogens is 446 g/mol. The molecular formula is C31H29N3O2. The third-order valence-corrected chi connectivity index (χ3v) is 6.15. The second kappa shape index (κ2) is 10.9. The van der Waals surface area contributed by atoms with Crippen molar-refractivity contribution in [2.45, 2.75) is 19.8 Å². The van der Waals surface area contributed by atoms with Crippen LogP contribution in [0.15, 0.2) is 119 Å². The summed E-state index contributed by atoms with van der Waals surface area (Å²) in [5, 5.41) is 0. The number of carbonyl (C=O) groups is 1. The van der Waals surface area contributed by atoms with Crippen LogP contribution in [-0.4, -0.2) is 29.9 Å². The minimum Gasteiger partial charge on any atom is -0.420 e. The maximum atomic E-state index is 13.0. The molecule has 180 valence electrons. The number of allylic oxidation sites excluding steroid dienone is 2. The Bertz CT molecular complexity index is 1280. The zero-order valence-corrected chi connectivity index (χ0v) is 20.4. The maximum Gasteiger partial charge on any atom is 0.300 e. The van der Waals surface area contributed by atoms with E-state index in [2.05, 4.69) is 64.5 Å². The van der Waals surface area contributed by atoms with Crippen molar-refractivity contribution >= 4 is 35.1 Å². The Kier molecular flexibility index (Phi) is 7.08. The lowest BCUT2D eigenvalue weighted by Gasteiger charge is -2.25. The summed E-state index contributed by atoms with van der Waals surface area (Å²) in [6.45, 7) is 2.94. The summed E-state index contributed by atoms with van der Waals surface area (Å²) in [6, 6.07) is 29.0. The van der Waals surface area contributed by atoms with Crippen molar-refractivity contribution < 1.29 is 9.53 Å². The molecule has 5 heteroatoms. The van der Waals surface area contributed by atoms with Crippen molar-refractivity contribution in [3.8, 4) is 0 Å². The molecule has 0 bridgehead atoms.